The number of H-pyrrole nitrogens is 1. The van der Waals surface area contributed by atoms with Crippen molar-refractivity contribution in [3.05, 3.63) is 53.7 Å². The fraction of sp³-hybridized carbons (Fsp3) is 0.400. The predicted octanol–water partition coefficient (Wildman–Crippen LogP) is 6.38. The van der Waals surface area contributed by atoms with Crippen molar-refractivity contribution in [2.24, 2.45) is 5.41 Å². The van der Waals surface area contributed by atoms with E-state index < -0.39 is 34.6 Å². The summed E-state index contributed by atoms with van der Waals surface area (Å²) in [7, 11) is 0. The number of para-hydroxylation sites is 1. The molecule has 0 radical (unpaired) electrons. The molecule has 4 nitrogen and oxygen atoms in total. The number of halogens is 2. The molecular formula is C25H28F2N2O2. The van der Waals surface area contributed by atoms with Gasteiger partial charge in [0, 0.05) is 28.9 Å². The minimum atomic E-state index is -0.701. The third-order valence-corrected chi connectivity index (χ3v) is 6.04. The number of aromatic amines is 1. The van der Waals surface area contributed by atoms with E-state index in [9.17, 15) is 4.79 Å². The van der Waals surface area contributed by atoms with Crippen LogP contribution in [0.15, 0.2) is 36.5 Å². The fourth-order valence-corrected chi connectivity index (χ4v) is 4.46. The van der Waals surface area contributed by atoms with Gasteiger partial charge in [-0.15, -0.1) is 0 Å². The molecule has 6 heteroatoms. The molecule has 0 spiro atoms. The molecule has 0 aliphatic carbocycles. The van der Waals surface area contributed by atoms with Gasteiger partial charge in [0.25, 0.3) is 0 Å². The normalized spacial score (nSPS) is 20.3. The number of ether oxygens (including phenoxy) is 1. The summed E-state index contributed by atoms with van der Waals surface area (Å²) in [6.07, 6.45) is 1.12. The highest BCUT2D eigenvalue weighted by Gasteiger charge is 2.45. The highest BCUT2D eigenvalue weighted by Crippen LogP contribution is 2.46. The number of aromatic nitrogens is 1. The fourth-order valence-electron chi connectivity index (χ4n) is 4.46. The van der Waals surface area contributed by atoms with Crippen molar-refractivity contribution in [2.75, 3.05) is 5.32 Å². The van der Waals surface area contributed by atoms with E-state index in [0.717, 1.165) is 5.39 Å². The SMILES string of the molecule is C[C@H]1c2c(cc(F)c(-c3cccc4cc[nH]c34)c2F)NC(C)(C)C1OC(=O)C(C)(C)C. The Morgan fingerprint density at radius 1 is 1.16 bits per heavy atom. The second-order valence-corrected chi connectivity index (χ2v) is 9.97. The Morgan fingerprint density at radius 2 is 1.87 bits per heavy atom. The van der Waals surface area contributed by atoms with Crippen LogP contribution in [0, 0.1) is 17.0 Å². The molecule has 2 N–H and O–H groups in total. The molecule has 1 aliphatic rings. The number of rotatable bonds is 2. The smallest absolute Gasteiger partial charge is 0.311 e. The van der Waals surface area contributed by atoms with Gasteiger partial charge >= 0.3 is 5.97 Å². The molecule has 0 bridgehead atoms. The Morgan fingerprint density at radius 3 is 2.55 bits per heavy atom. The molecule has 3 aromatic rings. The number of carbonyl (C=O) groups excluding carboxylic acids is 1. The van der Waals surface area contributed by atoms with Crippen LogP contribution in [-0.2, 0) is 9.53 Å². The van der Waals surface area contributed by atoms with E-state index in [-0.39, 0.29) is 11.5 Å². The van der Waals surface area contributed by atoms with Crippen LogP contribution >= 0.6 is 0 Å². The van der Waals surface area contributed by atoms with Gasteiger partial charge in [0.1, 0.15) is 17.7 Å². The Hall–Kier alpha value is -2.89. The third kappa shape index (κ3) is 3.48. The molecule has 1 aromatic heterocycles. The van der Waals surface area contributed by atoms with Crippen molar-refractivity contribution in [1.29, 1.82) is 0 Å². The van der Waals surface area contributed by atoms with E-state index in [1.807, 2.05) is 32.9 Å². The lowest BCUT2D eigenvalue weighted by Gasteiger charge is -2.45. The largest absolute Gasteiger partial charge is 0.459 e. The maximum Gasteiger partial charge on any atom is 0.311 e. The van der Waals surface area contributed by atoms with Crippen LogP contribution in [0.5, 0.6) is 0 Å². The number of anilines is 1. The summed E-state index contributed by atoms with van der Waals surface area (Å²) in [5.74, 6) is -2.11. The van der Waals surface area contributed by atoms with Crippen LogP contribution in [0.1, 0.15) is 53.0 Å². The molecule has 4 rings (SSSR count). The van der Waals surface area contributed by atoms with E-state index in [0.29, 0.717) is 22.3 Å². The third-order valence-electron chi connectivity index (χ3n) is 6.04. The van der Waals surface area contributed by atoms with Gasteiger partial charge in [0.05, 0.1) is 22.0 Å². The van der Waals surface area contributed by atoms with Gasteiger partial charge in [0.2, 0.25) is 0 Å². The topological polar surface area (TPSA) is 54.1 Å². The first-order valence-corrected chi connectivity index (χ1v) is 10.5. The molecule has 2 atom stereocenters. The van der Waals surface area contributed by atoms with Crippen LogP contribution in [0.2, 0.25) is 0 Å². The number of benzene rings is 2. The second kappa shape index (κ2) is 7.08. The number of hydrogen-bond donors (Lipinski definition) is 2. The summed E-state index contributed by atoms with van der Waals surface area (Å²) in [5, 5.41) is 4.07. The van der Waals surface area contributed by atoms with Gasteiger partial charge in [0.15, 0.2) is 0 Å². The Balaban J connectivity index is 1.86. The Labute approximate surface area is 181 Å². The summed E-state index contributed by atoms with van der Waals surface area (Å²) < 4.78 is 37.0. The molecule has 1 unspecified atom stereocenters. The standard InChI is InChI=1S/C25H28F2N2O2/c1-13-18-17(29-25(5,6)22(13)31-23(30)24(2,3)4)12-16(26)19(20(18)27)15-9-7-8-14-10-11-28-21(14)15/h7-13,22,28-29H,1-6H3/t13-,22?/m0/s1. The molecule has 31 heavy (non-hydrogen) atoms. The number of nitrogens with one attached hydrogen (secondary N) is 2. The lowest BCUT2D eigenvalue weighted by Crippen LogP contribution is -2.53. The van der Waals surface area contributed by atoms with Crippen molar-refractivity contribution in [3.8, 4) is 11.1 Å². The number of esters is 1. The van der Waals surface area contributed by atoms with Crippen molar-refractivity contribution in [2.45, 2.75) is 59.1 Å². The summed E-state index contributed by atoms with van der Waals surface area (Å²) in [4.78, 5) is 15.7. The predicted molar refractivity (Wildman–Crippen MR) is 119 cm³/mol. The lowest BCUT2D eigenvalue weighted by molar-refractivity contribution is -0.162. The average molecular weight is 427 g/mol. The van der Waals surface area contributed by atoms with E-state index in [2.05, 4.69) is 10.3 Å². The van der Waals surface area contributed by atoms with Gasteiger partial charge < -0.3 is 15.0 Å². The van der Waals surface area contributed by atoms with Crippen molar-refractivity contribution >= 4 is 22.6 Å². The van der Waals surface area contributed by atoms with E-state index in [1.54, 1.807) is 39.1 Å². The number of carbonyl (C=O) groups is 1. The number of hydrogen-bond acceptors (Lipinski definition) is 3. The van der Waals surface area contributed by atoms with Gasteiger partial charge in [-0.1, -0.05) is 25.1 Å². The van der Waals surface area contributed by atoms with Crippen molar-refractivity contribution < 1.29 is 18.3 Å². The van der Waals surface area contributed by atoms with Crippen LogP contribution in [-0.4, -0.2) is 22.6 Å². The van der Waals surface area contributed by atoms with Crippen LogP contribution in [0.25, 0.3) is 22.0 Å². The zero-order valence-electron chi connectivity index (χ0n) is 18.7. The van der Waals surface area contributed by atoms with Gasteiger partial charge in [-0.3, -0.25) is 4.79 Å². The molecule has 0 amide bonds. The highest BCUT2D eigenvalue weighted by atomic mass is 19.1. The minimum Gasteiger partial charge on any atom is -0.459 e. The zero-order chi connectivity index (χ0) is 22.7. The lowest BCUT2D eigenvalue weighted by atomic mass is 9.77. The molecular weight excluding hydrogens is 398 g/mol. The molecule has 2 heterocycles. The van der Waals surface area contributed by atoms with Gasteiger partial charge in [-0.05, 0) is 52.1 Å². The van der Waals surface area contributed by atoms with Gasteiger partial charge in [-0.25, -0.2) is 8.78 Å². The average Bonchev–Trinajstić information content (AvgIpc) is 3.12. The first-order chi connectivity index (χ1) is 14.4. The minimum absolute atomic E-state index is 0.0824. The Kier molecular flexibility index (Phi) is 4.87. The number of fused-ring (bicyclic) bond motifs is 2. The van der Waals surface area contributed by atoms with E-state index in [4.69, 9.17) is 4.74 Å². The molecule has 1 aliphatic heterocycles. The van der Waals surface area contributed by atoms with Crippen LogP contribution in [0.4, 0.5) is 14.5 Å². The zero-order valence-corrected chi connectivity index (χ0v) is 18.7. The molecule has 0 fully saturated rings. The van der Waals surface area contributed by atoms with E-state index in [1.165, 1.54) is 6.07 Å². The van der Waals surface area contributed by atoms with Crippen molar-refractivity contribution in [1.82, 2.24) is 4.98 Å². The first-order valence-electron chi connectivity index (χ1n) is 10.5. The maximum atomic E-state index is 15.9. The second-order valence-electron chi connectivity index (χ2n) is 9.97. The molecule has 164 valence electrons. The maximum absolute atomic E-state index is 15.9. The first kappa shape index (κ1) is 21.3. The molecule has 2 aromatic carbocycles. The molecule has 0 saturated heterocycles. The summed E-state index contributed by atoms with van der Waals surface area (Å²) in [5.41, 5.74) is 0.372. The van der Waals surface area contributed by atoms with Crippen LogP contribution in [0.3, 0.4) is 0 Å². The van der Waals surface area contributed by atoms with Gasteiger partial charge in [-0.2, -0.15) is 0 Å². The summed E-state index contributed by atoms with van der Waals surface area (Å²) in [6.45, 7) is 10.9. The molecule has 0 saturated carbocycles. The quantitative estimate of drug-likeness (QED) is 0.468. The Bertz CT molecular complexity index is 1170. The summed E-state index contributed by atoms with van der Waals surface area (Å²) in [6, 6.07) is 8.58. The monoisotopic (exact) mass is 426 g/mol. The summed E-state index contributed by atoms with van der Waals surface area (Å²) >= 11 is 0. The highest BCUT2D eigenvalue weighted by molar-refractivity contribution is 5.95. The van der Waals surface area contributed by atoms with Crippen molar-refractivity contribution in [3.63, 3.8) is 0 Å². The van der Waals surface area contributed by atoms with Crippen LogP contribution < -0.4 is 5.32 Å². The van der Waals surface area contributed by atoms with E-state index >= 15 is 8.78 Å².